The van der Waals surface area contributed by atoms with Gasteiger partial charge in [-0.1, -0.05) is 28.4 Å². The molecule has 6 nitrogen and oxygen atoms in total. The van der Waals surface area contributed by atoms with Crippen LogP contribution in [0.4, 0.5) is 5.69 Å². The lowest BCUT2D eigenvalue weighted by Crippen LogP contribution is -2.28. The normalized spacial score (nSPS) is 14.3. The van der Waals surface area contributed by atoms with E-state index in [9.17, 15) is 4.79 Å². The Balaban J connectivity index is 1.57. The molecule has 0 radical (unpaired) electrons. The van der Waals surface area contributed by atoms with Gasteiger partial charge in [-0.2, -0.15) is 0 Å². The Morgan fingerprint density at radius 1 is 1.03 bits per heavy atom. The van der Waals surface area contributed by atoms with E-state index in [0.717, 1.165) is 5.56 Å². The van der Waals surface area contributed by atoms with Crippen LogP contribution in [0.1, 0.15) is 18.5 Å². The highest BCUT2D eigenvalue weighted by Gasteiger charge is 2.53. The maximum Gasteiger partial charge on any atom is 0.236 e. The zero-order chi connectivity index (χ0) is 20.6. The van der Waals surface area contributed by atoms with Gasteiger partial charge in [0.25, 0.3) is 0 Å². The Hall–Kier alpha value is -2.70. The van der Waals surface area contributed by atoms with Gasteiger partial charge in [0, 0.05) is 17.3 Å². The number of carbonyl (C=O) groups excluding carboxylic acids is 1. The van der Waals surface area contributed by atoms with Gasteiger partial charge in [-0.25, -0.2) is 0 Å². The number of benzene rings is 2. The van der Waals surface area contributed by atoms with Crippen molar-refractivity contribution in [3.63, 3.8) is 0 Å². The molecule has 0 bridgehead atoms. The molecule has 0 unspecified atom stereocenters. The van der Waals surface area contributed by atoms with Crippen LogP contribution in [-0.4, -0.2) is 25.3 Å². The summed E-state index contributed by atoms with van der Waals surface area (Å²) < 4.78 is 16.1. The van der Waals surface area contributed by atoms with Crippen LogP contribution >= 0.6 is 23.2 Å². The Labute approximate surface area is 177 Å². The molecule has 2 aromatic carbocycles. The minimum absolute atomic E-state index is 0.150. The summed E-state index contributed by atoms with van der Waals surface area (Å²) in [6.07, 6.45) is 1.39. The lowest BCUT2D eigenvalue weighted by atomic mass is 10.00. The quantitative estimate of drug-likeness (QED) is 0.569. The summed E-state index contributed by atoms with van der Waals surface area (Å²) in [4.78, 5) is 12.9. The number of aromatic nitrogens is 1. The molecule has 0 aliphatic heterocycles. The Bertz CT molecular complexity index is 1080. The zero-order valence-electron chi connectivity index (χ0n) is 15.8. The van der Waals surface area contributed by atoms with Gasteiger partial charge in [-0.15, -0.1) is 0 Å². The fourth-order valence-corrected chi connectivity index (χ4v) is 3.47. The van der Waals surface area contributed by atoms with E-state index in [1.54, 1.807) is 50.6 Å². The molecule has 1 heterocycles. The molecule has 29 heavy (non-hydrogen) atoms. The van der Waals surface area contributed by atoms with Gasteiger partial charge < -0.3 is 19.3 Å². The van der Waals surface area contributed by atoms with E-state index in [2.05, 4.69) is 10.5 Å². The van der Waals surface area contributed by atoms with Gasteiger partial charge in [0.1, 0.15) is 0 Å². The first kappa shape index (κ1) is 19.6. The maximum atomic E-state index is 12.9. The molecule has 150 valence electrons. The van der Waals surface area contributed by atoms with Crippen molar-refractivity contribution in [3.8, 4) is 22.8 Å². The maximum absolute atomic E-state index is 12.9. The number of hydrogen-bond donors (Lipinski definition) is 1. The first-order valence-electron chi connectivity index (χ1n) is 8.93. The number of halogens is 2. The molecule has 0 saturated heterocycles. The van der Waals surface area contributed by atoms with Crippen molar-refractivity contribution < 1.29 is 18.8 Å². The highest BCUT2D eigenvalue weighted by atomic mass is 35.5. The number of methoxy groups -OCH3 is 2. The lowest BCUT2D eigenvalue weighted by molar-refractivity contribution is -0.118. The molecule has 4 rings (SSSR count). The topological polar surface area (TPSA) is 73.6 Å². The van der Waals surface area contributed by atoms with Gasteiger partial charge >= 0.3 is 0 Å². The van der Waals surface area contributed by atoms with Crippen LogP contribution in [0.3, 0.4) is 0 Å². The summed E-state index contributed by atoms with van der Waals surface area (Å²) in [5, 5.41) is 7.87. The van der Waals surface area contributed by atoms with Crippen molar-refractivity contribution >= 4 is 34.8 Å². The molecule has 1 aliphatic carbocycles. The van der Waals surface area contributed by atoms with Crippen LogP contribution in [0.25, 0.3) is 11.3 Å². The smallest absolute Gasteiger partial charge is 0.236 e. The molecule has 3 aromatic rings. The number of carbonyl (C=O) groups is 1. The summed E-state index contributed by atoms with van der Waals surface area (Å²) >= 11 is 12.0. The number of nitrogens with one attached hydrogen (secondary N) is 1. The molecule has 1 aliphatic rings. The second kappa shape index (κ2) is 7.61. The summed E-state index contributed by atoms with van der Waals surface area (Å²) in [6, 6.07) is 12.2. The Morgan fingerprint density at radius 3 is 2.45 bits per heavy atom. The average molecular weight is 433 g/mol. The third-order valence-electron chi connectivity index (χ3n) is 5.03. The minimum atomic E-state index is -0.704. The monoisotopic (exact) mass is 432 g/mol. The van der Waals surface area contributed by atoms with E-state index in [1.165, 1.54) is 0 Å². The second-order valence-corrected chi connectivity index (χ2v) is 7.63. The van der Waals surface area contributed by atoms with E-state index in [1.807, 2.05) is 6.07 Å². The van der Waals surface area contributed by atoms with E-state index in [-0.39, 0.29) is 5.91 Å². The van der Waals surface area contributed by atoms with E-state index >= 15 is 0 Å². The number of anilines is 1. The van der Waals surface area contributed by atoms with E-state index in [0.29, 0.717) is 51.5 Å². The fraction of sp³-hybridized carbons (Fsp3) is 0.238. The molecule has 0 atom stereocenters. The van der Waals surface area contributed by atoms with Crippen LogP contribution in [0.15, 0.2) is 47.0 Å². The molecule has 8 heteroatoms. The number of rotatable bonds is 6. The average Bonchev–Trinajstić information content (AvgIpc) is 3.40. The molecule has 1 saturated carbocycles. The fourth-order valence-electron chi connectivity index (χ4n) is 3.18. The van der Waals surface area contributed by atoms with E-state index < -0.39 is 5.41 Å². The Morgan fingerprint density at radius 2 is 1.79 bits per heavy atom. The van der Waals surface area contributed by atoms with Gasteiger partial charge in [-0.05, 0) is 49.2 Å². The van der Waals surface area contributed by atoms with Gasteiger partial charge in [-0.3, -0.25) is 4.79 Å². The number of amides is 1. The largest absolute Gasteiger partial charge is 0.493 e. The molecule has 1 N–H and O–H groups in total. The summed E-state index contributed by atoms with van der Waals surface area (Å²) in [7, 11) is 3.15. The van der Waals surface area contributed by atoms with Crippen molar-refractivity contribution in [1.29, 1.82) is 0 Å². The molecular weight excluding hydrogens is 415 g/mol. The van der Waals surface area contributed by atoms with Crippen molar-refractivity contribution in [1.82, 2.24) is 5.16 Å². The number of nitrogens with zero attached hydrogens (tertiary/aromatic N) is 1. The van der Waals surface area contributed by atoms with Crippen LogP contribution in [0.2, 0.25) is 10.0 Å². The number of hydrogen-bond acceptors (Lipinski definition) is 5. The summed E-state index contributed by atoms with van der Waals surface area (Å²) in [6.45, 7) is 0. The van der Waals surface area contributed by atoms with Crippen LogP contribution in [0, 0.1) is 0 Å². The Kier molecular flexibility index (Phi) is 5.15. The van der Waals surface area contributed by atoms with Crippen LogP contribution < -0.4 is 14.8 Å². The highest BCUT2D eigenvalue weighted by molar-refractivity contribution is 6.42. The van der Waals surface area contributed by atoms with Crippen molar-refractivity contribution in [2.45, 2.75) is 18.3 Å². The van der Waals surface area contributed by atoms with Crippen LogP contribution in [-0.2, 0) is 10.2 Å². The summed E-state index contributed by atoms with van der Waals surface area (Å²) in [5.41, 5.74) is 1.26. The first-order valence-corrected chi connectivity index (χ1v) is 9.68. The van der Waals surface area contributed by atoms with Crippen LogP contribution in [0.5, 0.6) is 11.5 Å². The molecule has 1 aromatic heterocycles. The second-order valence-electron chi connectivity index (χ2n) is 6.81. The van der Waals surface area contributed by atoms with Crippen molar-refractivity contribution in [3.05, 3.63) is 58.2 Å². The predicted molar refractivity (Wildman–Crippen MR) is 111 cm³/mol. The molecule has 1 amide bonds. The third-order valence-corrected chi connectivity index (χ3v) is 5.77. The zero-order valence-corrected chi connectivity index (χ0v) is 17.3. The predicted octanol–water partition coefficient (Wildman–Crippen LogP) is 5.34. The standard InChI is InChI=1S/C21H18Cl2N2O4/c1-27-16-6-3-12(9-18(16)28-2)17-11-19(25-29-17)21(7-8-21)20(26)24-13-4-5-14(22)15(23)10-13/h3-6,9-11H,7-8H2,1-2H3,(H,24,26). The van der Waals surface area contributed by atoms with Crippen molar-refractivity contribution in [2.24, 2.45) is 0 Å². The SMILES string of the molecule is COc1ccc(-c2cc(C3(C(=O)Nc4ccc(Cl)c(Cl)c4)CC3)no2)cc1OC. The molecule has 0 spiro atoms. The lowest BCUT2D eigenvalue weighted by Gasteiger charge is -2.13. The number of ether oxygens (including phenoxy) is 2. The minimum Gasteiger partial charge on any atom is -0.493 e. The third kappa shape index (κ3) is 3.66. The van der Waals surface area contributed by atoms with Gasteiger partial charge in [0.2, 0.25) is 5.91 Å². The van der Waals surface area contributed by atoms with Gasteiger partial charge in [0.15, 0.2) is 17.3 Å². The van der Waals surface area contributed by atoms with Crippen molar-refractivity contribution in [2.75, 3.05) is 19.5 Å². The molecular formula is C21H18Cl2N2O4. The highest BCUT2D eigenvalue weighted by Crippen LogP contribution is 2.49. The summed E-state index contributed by atoms with van der Waals surface area (Å²) in [5.74, 6) is 1.61. The molecule has 1 fully saturated rings. The first-order chi connectivity index (χ1) is 14.0. The van der Waals surface area contributed by atoms with E-state index in [4.69, 9.17) is 37.2 Å². The van der Waals surface area contributed by atoms with Gasteiger partial charge in [0.05, 0.1) is 35.4 Å².